The highest BCUT2D eigenvalue weighted by molar-refractivity contribution is 6.30. The number of nitrogens with zero attached hydrogens (tertiary/aromatic N) is 1. The number of allylic oxidation sites excluding steroid dienone is 2. The average Bonchev–Trinajstić information content (AvgIpc) is 2.72. The first-order valence-electron chi connectivity index (χ1n) is 10.3. The van der Waals surface area contributed by atoms with Crippen LogP contribution in [0.2, 0.25) is 5.02 Å². The van der Waals surface area contributed by atoms with Gasteiger partial charge in [0.15, 0.2) is 0 Å². The molecule has 1 aromatic carbocycles. The maximum atomic E-state index is 12.2. The Kier molecular flexibility index (Phi) is 8.93. The van der Waals surface area contributed by atoms with Crippen LogP contribution in [0, 0.1) is 5.41 Å². The van der Waals surface area contributed by atoms with Crippen molar-refractivity contribution in [1.29, 1.82) is 0 Å². The molecule has 0 spiro atoms. The summed E-state index contributed by atoms with van der Waals surface area (Å²) in [7, 11) is 0. The molecule has 158 valence electrons. The zero-order valence-electron chi connectivity index (χ0n) is 17.8. The lowest BCUT2D eigenvalue weighted by Gasteiger charge is -2.35. The second kappa shape index (κ2) is 11.2. The Balaban J connectivity index is 1.80. The summed E-state index contributed by atoms with van der Waals surface area (Å²) in [6, 6.07) is 7.83. The number of carbonyl (C=O) groups excluding carboxylic acids is 1. The molecule has 2 rings (SSSR count). The Morgan fingerprint density at radius 1 is 1.34 bits per heavy atom. The van der Waals surface area contributed by atoms with Gasteiger partial charge in [-0.25, -0.2) is 4.79 Å². The highest BCUT2D eigenvalue weighted by atomic mass is 35.5. The summed E-state index contributed by atoms with van der Waals surface area (Å²) in [5, 5.41) is 10.1. The fraction of sp³-hybridized carbons (Fsp3) is 0.478. The minimum atomic E-state index is -0.214. The quantitative estimate of drug-likeness (QED) is 0.504. The van der Waals surface area contributed by atoms with E-state index in [4.69, 9.17) is 11.6 Å². The Morgan fingerprint density at radius 3 is 2.66 bits per heavy atom. The smallest absolute Gasteiger partial charge is 0.319 e. The first-order chi connectivity index (χ1) is 13.9. The first-order valence-corrected chi connectivity index (χ1v) is 10.6. The van der Waals surface area contributed by atoms with Gasteiger partial charge in [0.1, 0.15) is 0 Å². The van der Waals surface area contributed by atoms with E-state index in [9.17, 15) is 4.79 Å². The monoisotopic (exact) mass is 416 g/mol. The molecule has 1 unspecified atom stereocenters. The lowest BCUT2D eigenvalue weighted by atomic mass is 9.77. The number of urea groups is 1. The van der Waals surface area contributed by atoms with Crippen molar-refractivity contribution < 1.29 is 4.79 Å². The van der Waals surface area contributed by atoms with Gasteiger partial charge in [-0.3, -0.25) is 4.99 Å². The second-order valence-corrected chi connectivity index (χ2v) is 8.17. The predicted octanol–water partition coefficient (Wildman–Crippen LogP) is 4.84. The molecule has 0 saturated heterocycles. The third-order valence-corrected chi connectivity index (χ3v) is 5.76. The van der Waals surface area contributed by atoms with E-state index in [0.29, 0.717) is 23.7 Å². The van der Waals surface area contributed by atoms with Crippen LogP contribution < -0.4 is 16.0 Å². The van der Waals surface area contributed by atoms with Gasteiger partial charge in [0.2, 0.25) is 0 Å². The fourth-order valence-corrected chi connectivity index (χ4v) is 3.31. The topological polar surface area (TPSA) is 65.5 Å². The van der Waals surface area contributed by atoms with Gasteiger partial charge in [-0.15, -0.1) is 0 Å². The van der Waals surface area contributed by atoms with Crippen molar-refractivity contribution in [3.8, 4) is 0 Å². The molecule has 3 atom stereocenters. The zero-order valence-corrected chi connectivity index (χ0v) is 18.6. The van der Waals surface area contributed by atoms with Crippen molar-refractivity contribution in [2.45, 2.75) is 59.2 Å². The Morgan fingerprint density at radius 2 is 2.07 bits per heavy atom. The minimum absolute atomic E-state index is 0.000810. The number of amides is 2. The van der Waals surface area contributed by atoms with Gasteiger partial charge in [-0.05, 0) is 56.7 Å². The lowest BCUT2D eigenvalue weighted by molar-refractivity contribution is 0.242. The Bertz CT molecular complexity index is 757. The summed E-state index contributed by atoms with van der Waals surface area (Å²) in [6.07, 6.45) is 10.0. The third-order valence-electron chi connectivity index (χ3n) is 5.51. The molecule has 0 aliphatic heterocycles. The van der Waals surface area contributed by atoms with Crippen molar-refractivity contribution in [3.63, 3.8) is 0 Å². The molecule has 6 heteroatoms. The standard InChI is InChI=1S/C23H33ClN4O/c1-5-20(25-6-2)16-26-17(3)23(4)13-11-21(12-14-23)28-22(29)27-15-18-7-9-19(24)10-8-18/h6-13,17,20,26H,5,14-16H2,1-4H3,(H2,27,28,29)/t17-,20?,23-/m0/s1. The van der Waals surface area contributed by atoms with Crippen LogP contribution in [0.3, 0.4) is 0 Å². The number of aliphatic imine (C=N–C) groups is 1. The van der Waals surface area contributed by atoms with Crippen LogP contribution in [0.1, 0.15) is 46.1 Å². The molecule has 2 amide bonds. The summed E-state index contributed by atoms with van der Waals surface area (Å²) in [4.78, 5) is 16.7. The van der Waals surface area contributed by atoms with E-state index in [1.165, 1.54) is 0 Å². The molecule has 0 radical (unpaired) electrons. The van der Waals surface area contributed by atoms with E-state index in [0.717, 1.165) is 30.6 Å². The van der Waals surface area contributed by atoms with Gasteiger partial charge in [-0.1, -0.05) is 49.7 Å². The van der Waals surface area contributed by atoms with Crippen molar-refractivity contribution in [1.82, 2.24) is 16.0 Å². The van der Waals surface area contributed by atoms with Gasteiger partial charge in [0.05, 0.1) is 6.04 Å². The van der Waals surface area contributed by atoms with Crippen LogP contribution in [-0.2, 0) is 6.54 Å². The van der Waals surface area contributed by atoms with E-state index < -0.39 is 0 Å². The molecule has 0 fully saturated rings. The van der Waals surface area contributed by atoms with Gasteiger partial charge in [0, 0.05) is 35.3 Å². The van der Waals surface area contributed by atoms with Crippen LogP contribution in [0.15, 0.2) is 53.2 Å². The van der Waals surface area contributed by atoms with Crippen molar-refractivity contribution >= 4 is 23.8 Å². The number of rotatable bonds is 9. The van der Waals surface area contributed by atoms with Gasteiger partial charge in [-0.2, -0.15) is 0 Å². The summed E-state index contributed by atoms with van der Waals surface area (Å²) in [6.45, 7) is 9.88. The number of halogens is 1. The molecule has 1 aliphatic carbocycles. The number of benzene rings is 1. The minimum Gasteiger partial charge on any atom is -0.334 e. The molecule has 3 N–H and O–H groups in total. The summed E-state index contributed by atoms with van der Waals surface area (Å²) < 4.78 is 0. The van der Waals surface area contributed by atoms with Gasteiger partial charge < -0.3 is 16.0 Å². The molecule has 1 aromatic rings. The predicted molar refractivity (Wildman–Crippen MR) is 122 cm³/mol. The van der Waals surface area contributed by atoms with E-state index in [1.807, 2.05) is 43.5 Å². The first kappa shape index (κ1) is 23.2. The highest BCUT2D eigenvalue weighted by Crippen LogP contribution is 2.32. The summed E-state index contributed by atoms with van der Waals surface area (Å²) >= 11 is 5.88. The number of carbonyl (C=O) groups is 1. The van der Waals surface area contributed by atoms with E-state index in [2.05, 4.69) is 53.9 Å². The number of hydrogen-bond acceptors (Lipinski definition) is 3. The van der Waals surface area contributed by atoms with Crippen LogP contribution in [0.5, 0.6) is 0 Å². The molecular weight excluding hydrogens is 384 g/mol. The molecule has 5 nitrogen and oxygen atoms in total. The van der Waals surface area contributed by atoms with Crippen LogP contribution in [-0.4, -0.2) is 30.9 Å². The fourth-order valence-electron chi connectivity index (χ4n) is 3.18. The van der Waals surface area contributed by atoms with Crippen molar-refractivity contribution in [3.05, 3.63) is 58.8 Å². The normalized spacial score (nSPS) is 20.9. The van der Waals surface area contributed by atoms with E-state index in [-0.39, 0.29) is 11.4 Å². The highest BCUT2D eigenvalue weighted by Gasteiger charge is 2.29. The van der Waals surface area contributed by atoms with E-state index >= 15 is 0 Å². The van der Waals surface area contributed by atoms with E-state index in [1.54, 1.807) is 0 Å². The van der Waals surface area contributed by atoms with Crippen LogP contribution >= 0.6 is 11.6 Å². The Hall–Kier alpha value is -2.11. The SMILES string of the molecule is CC=NC(CC)CN[C@@H](C)[C@@]1(C)C=CC(NC(=O)NCc2ccc(Cl)cc2)=CC1. The molecule has 0 aromatic heterocycles. The zero-order chi connectivity index (χ0) is 21.3. The second-order valence-electron chi connectivity index (χ2n) is 7.74. The summed E-state index contributed by atoms with van der Waals surface area (Å²) in [5.41, 5.74) is 1.83. The molecule has 0 heterocycles. The van der Waals surface area contributed by atoms with Crippen molar-refractivity contribution in [2.75, 3.05) is 6.54 Å². The van der Waals surface area contributed by atoms with Crippen molar-refractivity contribution in [2.24, 2.45) is 10.4 Å². The molecule has 1 aliphatic rings. The largest absolute Gasteiger partial charge is 0.334 e. The van der Waals surface area contributed by atoms with Gasteiger partial charge in [0.25, 0.3) is 0 Å². The Labute approximate surface area is 179 Å². The maximum absolute atomic E-state index is 12.2. The number of hydrogen-bond donors (Lipinski definition) is 3. The maximum Gasteiger partial charge on any atom is 0.319 e. The summed E-state index contributed by atoms with van der Waals surface area (Å²) in [5.74, 6) is 0. The molecule has 0 bridgehead atoms. The van der Waals surface area contributed by atoms with Gasteiger partial charge >= 0.3 is 6.03 Å². The average molecular weight is 417 g/mol. The van der Waals surface area contributed by atoms with Crippen LogP contribution in [0.25, 0.3) is 0 Å². The molecule has 29 heavy (non-hydrogen) atoms. The van der Waals surface area contributed by atoms with Crippen LogP contribution in [0.4, 0.5) is 4.79 Å². The number of nitrogens with one attached hydrogen (secondary N) is 3. The molecule has 0 saturated carbocycles. The lowest BCUT2D eigenvalue weighted by Crippen LogP contribution is -2.44. The third kappa shape index (κ3) is 7.33. The molecular formula is C23H33ClN4O.